The Hall–Kier alpha value is -3.34. The molecule has 0 fully saturated rings. The first-order chi connectivity index (χ1) is 16.2. The van der Waals surface area contributed by atoms with Gasteiger partial charge in [-0.15, -0.1) is 0 Å². The molecule has 0 aliphatic carbocycles. The van der Waals surface area contributed by atoms with Crippen molar-refractivity contribution in [1.29, 1.82) is 0 Å². The number of ketones is 1. The lowest BCUT2D eigenvalue weighted by atomic mass is 9.92. The van der Waals surface area contributed by atoms with E-state index in [2.05, 4.69) is 30.9 Å². The van der Waals surface area contributed by atoms with Crippen molar-refractivity contribution in [2.24, 2.45) is 0 Å². The molecule has 0 saturated carbocycles. The summed E-state index contributed by atoms with van der Waals surface area (Å²) in [5.74, 6) is -0.273. The van der Waals surface area contributed by atoms with E-state index in [9.17, 15) is 9.59 Å². The molecule has 34 heavy (non-hydrogen) atoms. The Morgan fingerprint density at radius 3 is 2.38 bits per heavy atom. The van der Waals surface area contributed by atoms with Gasteiger partial charge in [-0.25, -0.2) is 0 Å². The summed E-state index contributed by atoms with van der Waals surface area (Å²) in [6.07, 6.45) is 9.76. The largest absolute Gasteiger partial charge is 0.482 e. The van der Waals surface area contributed by atoms with Crippen LogP contribution >= 0.6 is 0 Å². The summed E-state index contributed by atoms with van der Waals surface area (Å²) in [6.45, 7) is 10.1. The zero-order valence-electron chi connectivity index (χ0n) is 20.6. The molecule has 180 valence electrons. The zero-order chi connectivity index (χ0) is 24.7. The Kier molecular flexibility index (Phi) is 8.32. The average Bonchev–Trinajstić information content (AvgIpc) is 2.81. The summed E-state index contributed by atoms with van der Waals surface area (Å²) in [6, 6.07) is 12.0. The van der Waals surface area contributed by atoms with E-state index in [1.807, 2.05) is 56.3 Å². The van der Waals surface area contributed by atoms with Crippen LogP contribution in [-0.2, 0) is 11.2 Å². The number of fused-ring (bicyclic) bond motifs is 1. The van der Waals surface area contributed by atoms with Gasteiger partial charge in [-0.05, 0) is 88.4 Å². The normalized spacial score (nSPS) is 14.0. The highest BCUT2D eigenvalue weighted by atomic mass is 16.5. The van der Waals surface area contributed by atoms with Gasteiger partial charge in [0.25, 0.3) is 0 Å². The summed E-state index contributed by atoms with van der Waals surface area (Å²) in [5, 5.41) is 8.87. The Labute approximate surface area is 202 Å². The van der Waals surface area contributed by atoms with Crippen LogP contribution in [0.15, 0.2) is 48.6 Å². The standard InChI is InChI=1S/C29H35NO4/c1-5-30(6-2)23-15-11-21(12-16-23)13-18-26(31)25-17-14-22(9-7-8-10-27(32)33)24-19-20-29(3,4)34-28(24)25/h11-20H,5-10H2,1-4H3,(H,32,33)/b18-13+. The van der Waals surface area contributed by atoms with Crippen molar-refractivity contribution in [1.82, 2.24) is 0 Å². The number of carbonyl (C=O) groups excluding carboxylic acids is 1. The number of hydrogen-bond acceptors (Lipinski definition) is 4. The van der Waals surface area contributed by atoms with Crippen molar-refractivity contribution in [2.75, 3.05) is 18.0 Å². The van der Waals surface area contributed by atoms with Gasteiger partial charge in [-0.3, -0.25) is 9.59 Å². The predicted octanol–water partition coefficient (Wildman–Crippen LogP) is 6.41. The van der Waals surface area contributed by atoms with Crippen molar-refractivity contribution in [2.45, 2.75) is 59.0 Å². The van der Waals surface area contributed by atoms with E-state index in [1.165, 1.54) is 5.69 Å². The Bertz CT molecular complexity index is 1080. The fraction of sp³-hybridized carbons (Fsp3) is 0.379. The van der Waals surface area contributed by atoms with Crippen LogP contribution in [0.2, 0.25) is 0 Å². The van der Waals surface area contributed by atoms with Crippen LogP contribution in [-0.4, -0.2) is 35.5 Å². The summed E-state index contributed by atoms with van der Waals surface area (Å²) in [5.41, 5.74) is 4.15. The molecule has 0 saturated heterocycles. The highest BCUT2D eigenvalue weighted by Gasteiger charge is 2.27. The number of carboxylic acids is 1. The summed E-state index contributed by atoms with van der Waals surface area (Å²) in [4.78, 5) is 26.2. The fourth-order valence-electron chi connectivity index (χ4n) is 4.16. The van der Waals surface area contributed by atoms with E-state index in [1.54, 1.807) is 6.08 Å². The molecule has 2 aromatic rings. The molecule has 1 aliphatic rings. The monoisotopic (exact) mass is 461 g/mol. The number of nitrogens with zero attached hydrogens (tertiary/aromatic N) is 1. The van der Waals surface area contributed by atoms with E-state index in [0.717, 1.165) is 42.6 Å². The molecule has 0 amide bonds. The van der Waals surface area contributed by atoms with Crippen LogP contribution in [0.4, 0.5) is 5.69 Å². The molecule has 0 aromatic heterocycles. The van der Waals surface area contributed by atoms with Crippen molar-refractivity contribution >= 4 is 29.6 Å². The minimum Gasteiger partial charge on any atom is -0.482 e. The molecule has 1 N–H and O–H groups in total. The third-order valence-electron chi connectivity index (χ3n) is 6.10. The third kappa shape index (κ3) is 6.37. The molecule has 0 bridgehead atoms. The number of carboxylic acid groups (broad SMARTS) is 1. The van der Waals surface area contributed by atoms with E-state index in [-0.39, 0.29) is 12.2 Å². The van der Waals surface area contributed by atoms with Gasteiger partial charge in [0.2, 0.25) is 0 Å². The molecule has 2 aromatic carbocycles. The molecule has 0 atom stereocenters. The van der Waals surface area contributed by atoms with Crippen LogP contribution in [0.25, 0.3) is 12.2 Å². The lowest BCUT2D eigenvalue weighted by Gasteiger charge is -2.30. The maximum atomic E-state index is 13.2. The fourth-order valence-corrected chi connectivity index (χ4v) is 4.16. The van der Waals surface area contributed by atoms with Crippen molar-refractivity contribution in [3.8, 4) is 5.75 Å². The third-order valence-corrected chi connectivity index (χ3v) is 6.10. The van der Waals surface area contributed by atoms with Gasteiger partial charge in [0.1, 0.15) is 11.4 Å². The van der Waals surface area contributed by atoms with Crippen LogP contribution in [0.1, 0.15) is 74.0 Å². The zero-order valence-corrected chi connectivity index (χ0v) is 20.6. The summed E-state index contributed by atoms with van der Waals surface area (Å²) < 4.78 is 6.23. The number of benzene rings is 2. The highest BCUT2D eigenvalue weighted by Crippen LogP contribution is 2.37. The molecule has 1 heterocycles. The lowest BCUT2D eigenvalue weighted by Crippen LogP contribution is -2.29. The lowest BCUT2D eigenvalue weighted by molar-refractivity contribution is -0.137. The molecule has 5 nitrogen and oxygen atoms in total. The molecule has 5 heteroatoms. The molecule has 1 aliphatic heterocycles. The van der Waals surface area contributed by atoms with Gasteiger partial charge in [-0.1, -0.05) is 30.4 Å². The second kappa shape index (κ2) is 11.2. The second-order valence-electron chi connectivity index (χ2n) is 9.12. The van der Waals surface area contributed by atoms with E-state index >= 15 is 0 Å². The van der Waals surface area contributed by atoms with E-state index < -0.39 is 11.6 Å². The van der Waals surface area contributed by atoms with Crippen molar-refractivity contribution in [3.05, 3.63) is 70.8 Å². The number of anilines is 1. The van der Waals surface area contributed by atoms with Crippen LogP contribution in [0.3, 0.4) is 0 Å². The van der Waals surface area contributed by atoms with Gasteiger partial charge in [-0.2, -0.15) is 0 Å². The molecular weight excluding hydrogens is 426 g/mol. The smallest absolute Gasteiger partial charge is 0.303 e. The summed E-state index contributed by atoms with van der Waals surface area (Å²) in [7, 11) is 0. The van der Waals surface area contributed by atoms with Crippen LogP contribution in [0, 0.1) is 0 Å². The Morgan fingerprint density at radius 1 is 1.03 bits per heavy atom. The Morgan fingerprint density at radius 2 is 1.74 bits per heavy atom. The first-order valence-corrected chi connectivity index (χ1v) is 12.1. The van der Waals surface area contributed by atoms with Gasteiger partial charge in [0.05, 0.1) is 5.56 Å². The van der Waals surface area contributed by atoms with Crippen molar-refractivity contribution < 1.29 is 19.4 Å². The number of unbranched alkanes of at least 4 members (excludes halogenated alkanes) is 1. The molecule has 3 rings (SSSR count). The van der Waals surface area contributed by atoms with Gasteiger partial charge < -0.3 is 14.7 Å². The quantitative estimate of drug-likeness (QED) is 0.238. The highest BCUT2D eigenvalue weighted by molar-refractivity contribution is 6.09. The first kappa shape index (κ1) is 25.3. The van der Waals surface area contributed by atoms with E-state index in [0.29, 0.717) is 17.7 Å². The average molecular weight is 462 g/mol. The van der Waals surface area contributed by atoms with Gasteiger partial charge in [0, 0.05) is 30.8 Å². The number of ether oxygens (including phenoxy) is 1. The number of hydrogen-bond donors (Lipinski definition) is 1. The SMILES string of the molecule is CCN(CC)c1ccc(/C=C/C(=O)c2ccc(CCCCC(=O)O)c3c2OC(C)(C)C=C3)cc1. The first-order valence-electron chi connectivity index (χ1n) is 12.1. The summed E-state index contributed by atoms with van der Waals surface area (Å²) >= 11 is 0. The van der Waals surface area contributed by atoms with E-state index in [4.69, 9.17) is 9.84 Å². The van der Waals surface area contributed by atoms with Crippen LogP contribution < -0.4 is 9.64 Å². The number of aliphatic carboxylic acids is 1. The van der Waals surface area contributed by atoms with Gasteiger partial charge >= 0.3 is 5.97 Å². The molecule has 0 radical (unpaired) electrons. The number of rotatable bonds is 11. The van der Waals surface area contributed by atoms with Gasteiger partial charge in [0.15, 0.2) is 5.78 Å². The maximum absolute atomic E-state index is 13.2. The Balaban J connectivity index is 1.81. The number of allylic oxidation sites excluding steroid dienone is 1. The predicted molar refractivity (Wildman–Crippen MR) is 139 cm³/mol. The minimum absolute atomic E-state index is 0.104. The second-order valence-corrected chi connectivity index (χ2v) is 9.12. The molecular formula is C29H35NO4. The minimum atomic E-state index is -0.776. The molecule has 0 unspecified atom stereocenters. The number of carbonyl (C=O) groups is 2. The topological polar surface area (TPSA) is 66.8 Å². The number of aryl methyl sites for hydroxylation is 1. The van der Waals surface area contributed by atoms with Crippen LogP contribution in [0.5, 0.6) is 5.75 Å². The van der Waals surface area contributed by atoms with Crippen molar-refractivity contribution in [3.63, 3.8) is 0 Å². The molecule has 0 spiro atoms. The maximum Gasteiger partial charge on any atom is 0.303 e.